The van der Waals surface area contributed by atoms with E-state index in [1.807, 2.05) is 11.1 Å². The van der Waals surface area contributed by atoms with Gasteiger partial charge >= 0.3 is 0 Å². The summed E-state index contributed by atoms with van der Waals surface area (Å²) in [6, 6.07) is 8.40. The van der Waals surface area contributed by atoms with E-state index in [1.54, 1.807) is 0 Å². The largest absolute Gasteiger partial charge is 0.308 e. The Balaban J connectivity index is 1.78. The zero-order chi connectivity index (χ0) is 15.9. The van der Waals surface area contributed by atoms with Crippen LogP contribution in [-0.2, 0) is 16.6 Å². The Bertz CT molecular complexity index is 728. The van der Waals surface area contributed by atoms with E-state index >= 15 is 0 Å². The second-order valence-electron chi connectivity index (χ2n) is 6.90. The minimum Gasteiger partial charge on any atom is -0.308 e. The number of benzene rings is 1. The number of rotatable bonds is 2. The summed E-state index contributed by atoms with van der Waals surface area (Å²) in [6.07, 6.45) is 7.98. The average Bonchev–Trinajstić information content (AvgIpc) is 3.24. The molecule has 4 nitrogen and oxygen atoms in total. The fraction of sp³-hybridized carbons (Fsp3) is 0.474. The van der Waals surface area contributed by atoms with Gasteiger partial charge in [0.2, 0.25) is 5.91 Å². The number of H-pyrrole nitrogens is 1. The van der Waals surface area contributed by atoms with Crippen LogP contribution >= 0.6 is 0 Å². The first-order chi connectivity index (χ1) is 11.2. The Morgan fingerprint density at radius 3 is 2.78 bits per heavy atom. The Morgan fingerprint density at radius 1 is 1.22 bits per heavy atom. The van der Waals surface area contributed by atoms with Crippen LogP contribution in [0.2, 0.25) is 0 Å². The second kappa shape index (κ2) is 5.52. The van der Waals surface area contributed by atoms with E-state index in [0.29, 0.717) is 0 Å². The van der Waals surface area contributed by atoms with Crippen molar-refractivity contribution in [3.8, 4) is 0 Å². The molecule has 1 fully saturated rings. The number of aryl methyl sites for hydroxylation is 2. The molecule has 2 aliphatic rings. The van der Waals surface area contributed by atoms with Crippen molar-refractivity contribution in [3.63, 3.8) is 0 Å². The van der Waals surface area contributed by atoms with E-state index in [1.165, 1.54) is 11.1 Å². The molecular formula is C19H23N3O. The highest BCUT2D eigenvalue weighted by Gasteiger charge is 2.46. The number of carbonyl (C=O) groups is 1. The summed E-state index contributed by atoms with van der Waals surface area (Å²) in [6.45, 7) is 2.93. The number of nitrogens with one attached hydrogen (secondary N) is 1. The summed E-state index contributed by atoms with van der Waals surface area (Å²) >= 11 is 0. The van der Waals surface area contributed by atoms with Crippen LogP contribution in [0.1, 0.15) is 48.9 Å². The van der Waals surface area contributed by atoms with Crippen LogP contribution in [-0.4, -0.2) is 22.6 Å². The van der Waals surface area contributed by atoms with Crippen LogP contribution in [0.4, 0.5) is 5.69 Å². The van der Waals surface area contributed by atoms with Gasteiger partial charge in [0.05, 0.1) is 23.0 Å². The van der Waals surface area contributed by atoms with E-state index in [9.17, 15) is 4.79 Å². The van der Waals surface area contributed by atoms with Crippen molar-refractivity contribution in [1.29, 1.82) is 0 Å². The van der Waals surface area contributed by atoms with Crippen LogP contribution in [0.15, 0.2) is 30.5 Å². The first kappa shape index (κ1) is 14.5. The Labute approximate surface area is 136 Å². The lowest BCUT2D eigenvalue weighted by Crippen LogP contribution is -2.47. The van der Waals surface area contributed by atoms with Crippen molar-refractivity contribution in [3.05, 3.63) is 47.3 Å². The molecule has 120 valence electrons. The lowest BCUT2D eigenvalue weighted by molar-refractivity contribution is -0.124. The molecule has 1 aliphatic carbocycles. The maximum absolute atomic E-state index is 13.6. The fourth-order valence-electron chi connectivity index (χ4n) is 4.41. The molecule has 1 N–H and O–H groups in total. The predicted molar refractivity (Wildman–Crippen MR) is 90.6 cm³/mol. The van der Waals surface area contributed by atoms with Gasteiger partial charge in [0.15, 0.2) is 0 Å². The van der Waals surface area contributed by atoms with E-state index in [4.69, 9.17) is 0 Å². The Kier molecular flexibility index (Phi) is 3.47. The number of aromatic nitrogens is 2. The third-order valence-electron chi connectivity index (χ3n) is 5.57. The molecule has 2 aromatic rings. The summed E-state index contributed by atoms with van der Waals surface area (Å²) in [7, 11) is 0. The number of hydrogen-bond donors (Lipinski definition) is 1. The molecule has 0 spiro atoms. The Hall–Kier alpha value is -2.10. The first-order valence-electron chi connectivity index (χ1n) is 8.63. The van der Waals surface area contributed by atoms with E-state index < -0.39 is 0 Å². The summed E-state index contributed by atoms with van der Waals surface area (Å²) in [4.78, 5) is 15.6. The van der Waals surface area contributed by atoms with Crippen molar-refractivity contribution >= 4 is 11.6 Å². The normalized spacial score (nSPS) is 19.6. The summed E-state index contributed by atoms with van der Waals surface area (Å²) < 4.78 is 0. The second-order valence-corrected chi connectivity index (χ2v) is 6.90. The van der Waals surface area contributed by atoms with Gasteiger partial charge < -0.3 is 4.90 Å². The minimum atomic E-state index is -0.350. The topological polar surface area (TPSA) is 49.0 Å². The van der Waals surface area contributed by atoms with Gasteiger partial charge in [0, 0.05) is 6.54 Å². The lowest BCUT2D eigenvalue weighted by atomic mass is 9.75. The molecular weight excluding hydrogens is 286 g/mol. The van der Waals surface area contributed by atoms with Gasteiger partial charge in [-0.25, -0.2) is 0 Å². The molecule has 1 aliphatic heterocycles. The van der Waals surface area contributed by atoms with Gasteiger partial charge in [-0.2, -0.15) is 5.10 Å². The SMILES string of the molecule is Cc1ccccc1C1(C(=O)N2CCCc3[nH]ncc32)CCCC1. The van der Waals surface area contributed by atoms with Crippen LogP contribution in [0.5, 0.6) is 0 Å². The number of anilines is 1. The monoisotopic (exact) mass is 309 g/mol. The van der Waals surface area contributed by atoms with Gasteiger partial charge in [0.1, 0.15) is 0 Å². The molecule has 4 rings (SSSR count). The van der Waals surface area contributed by atoms with Crippen LogP contribution in [0.25, 0.3) is 0 Å². The molecule has 0 saturated heterocycles. The highest BCUT2D eigenvalue weighted by Crippen LogP contribution is 2.45. The summed E-state index contributed by atoms with van der Waals surface area (Å²) in [5.74, 6) is 0.270. The molecule has 0 atom stereocenters. The molecule has 0 radical (unpaired) electrons. The average molecular weight is 309 g/mol. The van der Waals surface area contributed by atoms with Crippen LogP contribution in [0.3, 0.4) is 0 Å². The predicted octanol–water partition coefficient (Wildman–Crippen LogP) is 3.51. The molecule has 0 unspecified atom stereocenters. The molecule has 1 saturated carbocycles. The van der Waals surface area contributed by atoms with Gasteiger partial charge in [-0.3, -0.25) is 9.89 Å². The molecule has 1 aromatic carbocycles. The first-order valence-corrected chi connectivity index (χ1v) is 8.63. The number of aromatic amines is 1. The maximum Gasteiger partial charge on any atom is 0.237 e. The Morgan fingerprint density at radius 2 is 2.00 bits per heavy atom. The zero-order valence-electron chi connectivity index (χ0n) is 13.6. The maximum atomic E-state index is 13.6. The number of amides is 1. The van der Waals surface area contributed by atoms with Crippen molar-refractivity contribution < 1.29 is 4.79 Å². The van der Waals surface area contributed by atoms with E-state index in [0.717, 1.165) is 56.5 Å². The highest BCUT2D eigenvalue weighted by molar-refractivity contribution is 6.02. The molecule has 1 amide bonds. The lowest BCUT2D eigenvalue weighted by Gasteiger charge is -2.37. The third-order valence-corrected chi connectivity index (χ3v) is 5.57. The van der Waals surface area contributed by atoms with Crippen molar-refractivity contribution in [1.82, 2.24) is 10.2 Å². The number of hydrogen-bond acceptors (Lipinski definition) is 2. The van der Waals surface area contributed by atoms with Crippen molar-refractivity contribution in [2.45, 2.75) is 50.9 Å². The molecule has 0 bridgehead atoms. The summed E-state index contributed by atoms with van der Waals surface area (Å²) in [5.41, 5.74) is 4.19. The molecule has 2 heterocycles. The zero-order valence-corrected chi connectivity index (χ0v) is 13.6. The molecule has 23 heavy (non-hydrogen) atoms. The van der Waals surface area contributed by atoms with Crippen molar-refractivity contribution in [2.75, 3.05) is 11.4 Å². The highest BCUT2D eigenvalue weighted by atomic mass is 16.2. The van der Waals surface area contributed by atoms with Crippen LogP contribution in [0, 0.1) is 6.92 Å². The number of nitrogens with zero attached hydrogens (tertiary/aromatic N) is 2. The minimum absolute atomic E-state index is 0.270. The fourth-order valence-corrected chi connectivity index (χ4v) is 4.41. The smallest absolute Gasteiger partial charge is 0.237 e. The van der Waals surface area contributed by atoms with Gasteiger partial charge in [-0.05, 0) is 43.7 Å². The standard InChI is InChI=1S/C19H23N3O/c1-14-7-2-3-8-15(14)19(10-4-5-11-19)18(23)22-12-6-9-16-17(22)13-20-21-16/h2-3,7-8,13H,4-6,9-12H2,1H3,(H,20,21). The number of carbonyl (C=O) groups excluding carboxylic acids is 1. The summed E-state index contributed by atoms with van der Waals surface area (Å²) in [5, 5.41) is 7.21. The quantitative estimate of drug-likeness (QED) is 0.923. The van der Waals surface area contributed by atoms with Gasteiger partial charge in [-0.15, -0.1) is 0 Å². The molecule has 1 aromatic heterocycles. The molecule has 4 heteroatoms. The van der Waals surface area contributed by atoms with Gasteiger partial charge in [-0.1, -0.05) is 37.1 Å². The van der Waals surface area contributed by atoms with Crippen molar-refractivity contribution in [2.24, 2.45) is 0 Å². The van der Waals surface area contributed by atoms with E-state index in [-0.39, 0.29) is 11.3 Å². The van der Waals surface area contributed by atoms with E-state index in [2.05, 4.69) is 41.4 Å². The third kappa shape index (κ3) is 2.19. The van der Waals surface area contributed by atoms with Crippen LogP contribution < -0.4 is 4.90 Å². The number of fused-ring (bicyclic) bond motifs is 1. The van der Waals surface area contributed by atoms with Gasteiger partial charge in [0.25, 0.3) is 0 Å².